The molecule has 2 aromatic rings. The minimum Gasteiger partial charge on any atom is -0.426 e. The third-order valence-electron chi connectivity index (χ3n) is 7.81. The van der Waals surface area contributed by atoms with E-state index in [4.69, 9.17) is 14.2 Å². The molecule has 1 saturated carbocycles. The minimum atomic E-state index is -0.367. The van der Waals surface area contributed by atoms with E-state index in [-0.39, 0.29) is 34.0 Å². The van der Waals surface area contributed by atoms with Crippen LogP contribution in [0.5, 0.6) is 11.5 Å². The van der Waals surface area contributed by atoms with Crippen LogP contribution in [0.25, 0.3) is 10.8 Å². The van der Waals surface area contributed by atoms with Gasteiger partial charge < -0.3 is 14.2 Å². The molecule has 1 saturated heterocycles. The van der Waals surface area contributed by atoms with Crippen LogP contribution in [-0.2, 0) is 25.2 Å². The van der Waals surface area contributed by atoms with Gasteiger partial charge in [0.05, 0.1) is 0 Å². The van der Waals surface area contributed by atoms with Gasteiger partial charge in [-0.3, -0.25) is 9.59 Å². The Labute approximate surface area is 164 Å². The van der Waals surface area contributed by atoms with Crippen LogP contribution in [0.4, 0.5) is 0 Å². The molecule has 2 aliphatic carbocycles. The number of ether oxygens (including phenoxy) is 3. The van der Waals surface area contributed by atoms with Crippen molar-refractivity contribution in [1.29, 1.82) is 0 Å². The monoisotopic (exact) mass is 380 g/mol. The van der Waals surface area contributed by atoms with Crippen molar-refractivity contribution in [3.05, 3.63) is 35.4 Å². The third-order valence-corrected chi connectivity index (χ3v) is 7.81. The Kier molecular flexibility index (Phi) is 3.01. The van der Waals surface area contributed by atoms with Crippen molar-refractivity contribution < 1.29 is 23.8 Å². The van der Waals surface area contributed by atoms with E-state index in [1.54, 1.807) is 0 Å². The number of fused-ring (bicyclic) bond motifs is 9. The van der Waals surface area contributed by atoms with Crippen molar-refractivity contribution in [1.82, 2.24) is 0 Å². The van der Waals surface area contributed by atoms with E-state index in [1.807, 2.05) is 24.3 Å². The molecule has 0 N–H and O–H groups in total. The van der Waals surface area contributed by atoms with Crippen LogP contribution in [-0.4, -0.2) is 23.1 Å². The maximum Gasteiger partial charge on any atom is 0.308 e. The Bertz CT molecular complexity index is 1020. The zero-order chi connectivity index (χ0) is 20.3. The highest BCUT2D eigenvalue weighted by molar-refractivity contribution is 6.00. The molecule has 1 heterocycles. The second-order valence-electron chi connectivity index (χ2n) is 9.15. The summed E-state index contributed by atoms with van der Waals surface area (Å²) in [5, 5.41) is 1.55. The summed E-state index contributed by atoms with van der Waals surface area (Å²) in [5.74, 6) is 0.403. The Hall–Kier alpha value is -2.40. The number of carbonyl (C=O) groups excluding carboxylic acids is 2. The average Bonchev–Trinajstić information content (AvgIpc) is 3.06. The molecule has 5 rings (SSSR count). The minimum absolute atomic E-state index is 0.352. The predicted molar refractivity (Wildman–Crippen MR) is 104 cm³/mol. The molecule has 28 heavy (non-hydrogen) atoms. The zero-order valence-corrected chi connectivity index (χ0v) is 17.1. The van der Waals surface area contributed by atoms with Crippen molar-refractivity contribution in [2.24, 2.45) is 0 Å². The molecule has 146 valence electrons. The van der Waals surface area contributed by atoms with Crippen molar-refractivity contribution in [2.45, 2.75) is 70.0 Å². The van der Waals surface area contributed by atoms with Gasteiger partial charge in [-0.15, -0.1) is 0 Å². The lowest BCUT2D eigenvalue weighted by Gasteiger charge is -2.35. The van der Waals surface area contributed by atoms with Gasteiger partial charge in [0.2, 0.25) is 0 Å². The van der Waals surface area contributed by atoms with Crippen LogP contribution >= 0.6 is 0 Å². The predicted octanol–water partition coefficient (Wildman–Crippen LogP) is 4.17. The highest BCUT2D eigenvalue weighted by Gasteiger charge is 2.89. The van der Waals surface area contributed by atoms with Gasteiger partial charge in [0.25, 0.3) is 0 Å². The number of esters is 2. The summed E-state index contributed by atoms with van der Waals surface area (Å²) in [7, 11) is 0. The van der Waals surface area contributed by atoms with E-state index in [0.717, 1.165) is 28.3 Å². The van der Waals surface area contributed by atoms with Crippen LogP contribution in [0.2, 0.25) is 0 Å². The van der Waals surface area contributed by atoms with Crippen LogP contribution in [0.3, 0.4) is 0 Å². The lowest BCUT2D eigenvalue weighted by atomic mass is 9.65. The first-order valence-corrected chi connectivity index (χ1v) is 9.67. The quantitative estimate of drug-likeness (QED) is 0.444. The van der Waals surface area contributed by atoms with Crippen LogP contribution in [0.1, 0.15) is 59.1 Å². The fraction of sp³-hybridized carbons (Fsp3) is 0.478. The van der Waals surface area contributed by atoms with Gasteiger partial charge in [0.1, 0.15) is 22.7 Å². The molecule has 0 spiro atoms. The second-order valence-corrected chi connectivity index (χ2v) is 9.15. The summed E-state index contributed by atoms with van der Waals surface area (Å²) in [5.41, 5.74) is 0.472. The first kappa shape index (κ1) is 17.7. The topological polar surface area (TPSA) is 65.1 Å². The van der Waals surface area contributed by atoms with Crippen molar-refractivity contribution in [3.8, 4) is 11.5 Å². The zero-order valence-electron chi connectivity index (χ0n) is 17.1. The summed E-state index contributed by atoms with van der Waals surface area (Å²) >= 11 is 0. The number of hydrogen-bond acceptors (Lipinski definition) is 5. The van der Waals surface area contributed by atoms with Gasteiger partial charge >= 0.3 is 11.9 Å². The molecule has 5 nitrogen and oxygen atoms in total. The maximum atomic E-state index is 12.0. The smallest absolute Gasteiger partial charge is 0.308 e. The fourth-order valence-corrected chi connectivity index (χ4v) is 6.29. The number of benzene rings is 2. The van der Waals surface area contributed by atoms with Crippen molar-refractivity contribution >= 4 is 22.7 Å². The van der Waals surface area contributed by atoms with Gasteiger partial charge in [-0.2, -0.15) is 0 Å². The summed E-state index contributed by atoms with van der Waals surface area (Å²) in [4.78, 5) is 24.0. The second kappa shape index (κ2) is 4.77. The van der Waals surface area contributed by atoms with E-state index < -0.39 is 0 Å². The first-order chi connectivity index (χ1) is 13.0. The van der Waals surface area contributed by atoms with E-state index in [1.165, 1.54) is 13.8 Å². The van der Waals surface area contributed by atoms with Crippen molar-refractivity contribution in [3.63, 3.8) is 0 Å². The van der Waals surface area contributed by atoms with E-state index in [9.17, 15) is 9.59 Å². The lowest BCUT2D eigenvalue weighted by Crippen LogP contribution is -2.42. The highest BCUT2D eigenvalue weighted by atomic mass is 16.6. The molecule has 0 amide bonds. The Morgan fingerprint density at radius 2 is 1.21 bits per heavy atom. The van der Waals surface area contributed by atoms with Crippen LogP contribution < -0.4 is 9.47 Å². The SMILES string of the molecule is CC(=O)Oc1c2c(c(OC(C)=O)c3ccccc13)[C@@]1(C)C[C@]2(C)[C@]2(C)O[C@@]21C. The molecule has 2 aromatic carbocycles. The molecule has 2 bridgehead atoms. The Balaban J connectivity index is 1.97. The van der Waals surface area contributed by atoms with E-state index in [0.29, 0.717) is 11.5 Å². The largest absolute Gasteiger partial charge is 0.426 e. The molecule has 2 fully saturated rings. The number of epoxide rings is 1. The average molecular weight is 380 g/mol. The number of rotatable bonds is 2. The molecule has 0 aromatic heterocycles. The van der Waals surface area contributed by atoms with Gasteiger partial charge in [-0.05, 0) is 20.3 Å². The molecule has 3 aliphatic rings. The van der Waals surface area contributed by atoms with Gasteiger partial charge in [-0.1, -0.05) is 38.1 Å². The van der Waals surface area contributed by atoms with Gasteiger partial charge in [0, 0.05) is 46.6 Å². The molecule has 4 atom stereocenters. The summed E-state index contributed by atoms with van der Waals surface area (Å²) in [6.07, 6.45) is 0.848. The summed E-state index contributed by atoms with van der Waals surface area (Å²) in [6, 6.07) is 7.62. The van der Waals surface area contributed by atoms with Crippen LogP contribution in [0, 0.1) is 0 Å². The fourth-order valence-electron chi connectivity index (χ4n) is 6.29. The van der Waals surface area contributed by atoms with Gasteiger partial charge in [-0.25, -0.2) is 0 Å². The normalized spacial score (nSPS) is 36.8. The molecular formula is C23H24O5. The molecule has 5 heteroatoms. The molecular weight excluding hydrogens is 356 g/mol. The standard InChI is InChI=1S/C23H24O5/c1-12(24)26-18-14-9-7-8-10-15(14)19(27-13(2)25)17-16(18)20(3)11-21(17,4)23(6)22(20,5)28-23/h7-10H,11H2,1-6H3/t20-,21+,22-,23+. The molecule has 1 aliphatic heterocycles. The van der Waals surface area contributed by atoms with Crippen molar-refractivity contribution in [2.75, 3.05) is 0 Å². The summed E-state index contributed by atoms with van der Waals surface area (Å²) < 4.78 is 18.0. The molecule has 0 unspecified atom stereocenters. The van der Waals surface area contributed by atoms with E-state index >= 15 is 0 Å². The highest BCUT2D eigenvalue weighted by Crippen LogP contribution is 2.82. The third kappa shape index (κ3) is 1.65. The lowest BCUT2D eigenvalue weighted by molar-refractivity contribution is -0.133. The Morgan fingerprint density at radius 3 is 1.57 bits per heavy atom. The maximum absolute atomic E-state index is 12.0. The first-order valence-electron chi connectivity index (χ1n) is 9.67. The molecule has 0 radical (unpaired) electrons. The number of carbonyl (C=O) groups is 2. The summed E-state index contributed by atoms with van der Waals surface area (Å²) in [6.45, 7) is 11.5. The van der Waals surface area contributed by atoms with E-state index in [2.05, 4.69) is 27.7 Å². The Morgan fingerprint density at radius 1 is 0.821 bits per heavy atom. The number of hydrogen-bond donors (Lipinski definition) is 0. The van der Waals surface area contributed by atoms with Crippen LogP contribution in [0.15, 0.2) is 24.3 Å². The van der Waals surface area contributed by atoms with Gasteiger partial charge in [0.15, 0.2) is 0 Å².